The van der Waals surface area contributed by atoms with Gasteiger partial charge in [0.2, 0.25) is 0 Å². The molecule has 1 aromatic heterocycles. The minimum absolute atomic E-state index is 0.0225. The zero-order chi connectivity index (χ0) is 18.5. The SMILES string of the molecule is O=c1cc(CCCCCCc2cc(Cl)cc(Cl)c2Cl)oc2ccccc12. The van der Waals surface area contributed by atoms with Gasteiger partial charge in [-0.15, -0.1) is 0 Å². The van der Waals surface area contributed by atoms with Crippen molar-refractivity contribution in [1.29, 1.82) is 0 Å². The number of hydrogen-bond acceptors (Lipinski definition) is 2. The van der Waals surface area contributed by atoms with E-state index in [0.717, 1.165) is 49.8 Å². The van der Waals surface area contributed by atoms with Crippen LogP contribution in [-0.2, 0) is 12.8 Å². The van der Waals surface area contributed by atoms with E-state index in [0.29, 0.717) is 26.0 Å². The number of para-hydroxylation sites is 1. The summed E-state index contributed by atoms with van der Waals surface area (Å²) in [5.41, 5.74) is 1.67. The van der Waals surface area contributed by atoms with Gasteiger partial charge in [-0.1, -0.05) is 59.8 Å². The average molecular weight is 410 g/mol. The van der Waals surface area contributed by atoms with Crippen molar-refractivity contribution in [2.24, 2.45) is 0 Å². The van der Waals surface area contributed by atoms with E-state index in [2.05, 4.69) is 0 Å². The maximum absolute atomic E-state index is 12.1. The van der Waals surface area contributed by atoms with Crippen molar-refractivity contribution in [3.05, 3.63) is 79.1 Å². The highest BCUT2D eigenvalue weighted by Crippen LogP contribution is 2.30. The van der Waals surface area contributed by atoms with Gasteiger partial charge in [-0.25, -0.2) is 0 Å². The van der Waals surface area contributed by atoms with Crippen LogP contribution in [0.2, 0.25) is 15.1 Å². The monoisotopic (exact) mass is 408 g/mol. The fraction of sp³-hybridized carbons (Fsp3) is 0.286. The molecule has 0 aliphatic carbocycles. The van der Waals surface area contributed by atoms with Gasteiger partial charge in [-0.05, 0) is 49.1 Å². The normalized spacial score (nSPS) is 11.2. The second kappa shape index (κ2) is 8.94. The Morgan fingerprint density at radius 1 is 0.846 bits per heavy atom. The van der Waals surface area contributed by atoms with Crippen LogP contribution in [0.5, 0.6) is 0 Å². The molecule has 0 atom stereocenters. The predicted octanol–water partition coefficient (Wildman–Crippen LogP) is 7.10. The van der Waals surface area contributed by atoms with Gasteiger partial charge in [0.1, 0.15) is 11.3 Å². The first-order chi connectivity index (χ1) is 12.5. The first-order valence-corrected chi connectivity index (χ1v) is 9.83. The van der Waals surface area contributed by atoms with E-state index in [1.54, 1.807) is 18.2 Å². The van der Waals surface area contributed by atoms with E-state index < -0.39 is 0 Å². The molecule has 1 heterocycles. The Balaban J connectivity index is 1.47. The summed E-state index contributed by atoms with van der Waals surface area (Å²) in [6.45, 7) is 0. The molecule has 3 rings (SSSR count). The van der Waals surface area contributed by atoms with Crippen LogP contribution in [0.3, 0.4) is 0 Å². The second-order valence-corrected chi connectivity index (χ2v) is 7.57. The highest BCUT2D eigenvalue weighted by molar-refractivity contribution is 6.43. The summed E-state index contributed by atoms with van der Waals surface area (Å²) in [5.74, 6) is 0.748. The molecule has 0 saturated heterocycles. The quantitative estimate of drug-likeness (QED) is 0.308. The summed E-state index contributed by atoms with van der Waals surface area (Å²) in [5, 5.41) is 2.34. The van der Waals surface area contributed by atoms with Crippen LogP contribution in [-0.4, -0.2) is 0 Å². The van der Waals surface area contributed by atoms with Crippen LogP contribution < -0.4 is 5.43 Å². The first-order valence-electron chi connectivity index (χ1n) is 8.70. The van der Waals surface area contributed by atoms with Gasteiger partial charge in [0.25, 0.3) is 0 Å². The second-order valence-electron chi connectivity index (χ2n) is 6.35. The molecule has 0 N–H and O–H groups in total. The van der Waals surface area contributed by atoms with E-state index in [1.807, 2.05) is 24.3 Å². The van der Waals surface area contributed by atoms with Crippen molar-refractivity contribution in [2.75, 3.05) is 0 Å². The molecule has 26 heavy (non-hydrogen) atoms. The number of rotatable bonds is 7. The zero-order valence-corrected chi connectivity index (χ0v) is 16.5. The smallest absolute Gasteiger partial charge is 0.192 e. The number of unbranched alkanes of at least 4 members (excludes halogenated alkanes) is 3. The Kier molecular flexibility index (Phi) is 6.63. The van der Waals surface area contributed by atoms with Gasteiger partial charge < -0.3 is 4.42 Å². The largest absolute Gasteiger partial charge is 0.461 e. The van der Waals surface area contributed by atoms with Gasteiger partial charge in [-0.2, -0.15) is 0 Å². The van der Waals surface area contributed by atoms with Crippen LogP contribution in [0, 0.1) is 0 Å². The van der Waals surface area contributed by atoms with E-state index in [-0.39, 0.29) is 5.43 Å². The van der Waals surface area contributed by atoms with Crippen molar-refractivity contribution in [2.45, 2.75) is 38.5 Å². The number of aryl methyl sites for hydroxylation is 2. The molecule has 136 valence electrons. The number of hydrogen-bond donors (Lipinski definition) is 0. The molecule has 5 heteroatoms. The van der Waals surface area contributed by atoms with Crippen LogP contribution in [0.25, 0.3) is 11.0 Å². The summed E-state index contributed by atoms with van der Waals surface area (Å²) in [4.78, 5) is 12.1. The highest BCUT2D eigenvalue weighted by Gasteiger charge is 2.07. The van der Waals surface area contributed by atoms with E-state index in [9.17, 15) is 4.79 Å². The lowest BCUT2D eigenvalue weighted by molar-refractivity contribution is 0.514. The summed E-state index contributed by atoms with van der Waals surface area (Å²) < 4.78 is 5.81. The van der Waals surface area contributed by atoms with Crippen LogP contribution in [0.1, 0.15) is 37.0 Å². The lowest BCUT2D eigenvalue weighted by Crippen LogP contribution is -2.02. The van der Waals surface area contributed by atoms with Crippen molar-refractivity contribution < 1.29 is 4.42 Å². The lowest BCUT2D eigenvalue weighted by atomic mass is 10.0. The Morgan fingerprint density at radius 3 is 2.38 bits per heavy atom. The average Bonchev–Trinajstić information content (AvgIpc) is 2.62. The van der Waals surface area contributed by atoms with Crippen molar-refractivity contribution in [3.63, 3.8) is 0 Å². The van der Waals surface area contributed by atoms with Crippen LogP contribution in [0.4, 0.5) is 0 Å². The molecule has 0 amide bonds. The molecule has 0 aliphatic rings. The molecule has 0 aliphatic heterocycles. The minimum atomic E-state index is 0.0225. The van der Waals surface area contributed by atoms with Gasteiger partial charge >= 0.3 is 0 Å². The third-order valence-electron chi connectivity index (χ3n) is 4.37. The molecule has 0 saturated carbocycles. The zero-order valence-electron chi connectivity index (χ0n) is 14.2. The fourth-order valence-electron chi connectivity index (χ4n) is 3.04. The topological polar surface area (TPSA) is 30.2 Å². The fourth-order valence-corrected chi connectivity index (χ4v) is 3.78. The molecule has 0 fully saturated rings. The minimum Gasteiger partial charge on any atom is -0.461 e. The summed E-state index contributed by atoms with van der Waals surface area (Å²) in [6, 6.07) is 12.5. The molecule has 0 unspecified atom stereocenters. The number of benzene rings is 2. The third kappa shape index (κ3) is 4.82. The Labute approximate surface area is 167 Å². The molecule has 3 aromatic rings. The Morgan fingerprint density at radius 2 is 1.58 bits per heavy atom. The molecular weight excluding hydrogens is 391 g/mol. The number of fused-ring (bicyclic) bond motifs is 1. The Hall–Kier alpha value is -1.48. The molecule has 0 bridgehead atoms. The van der Waals surface area contributed by atoms with Gasteiger partial charge in [-0.3, -0.25) is 4.79 Å². The standard InChI is InChI=1S/C21H19Cl3O2/c22-15-11-14(21(24)18(23)12-15)7-3-1-2-4-8-16-13-19(25)17-9-5-6-10-20(17)26-16/h5-6,9-13H,1-4,7-8H2. The van der Waals surface area contributed by atoms with Crippen molar-refractivity contribution in [3.8, 4) is 0 Å². The van der Waals surface area contributed by atoms with Gasteiger partial charge in [0.05, 0.1) is 15.4 Å². The van der Waals surface area contributed by atoms with Crippen LogP contribution >= 0.6 is 34.8 Å². The Bertz CT molecular complexity index is 963. The van der Waals surface area contributed by atoms with E-state index in [4.69, 9.17) is 39.2 Å². The third-order valence-corrected chi connectivity index (χ3v) is 5.43. The summed E-state index contributed by atoms with van der Waals surface area (Å²) >= 11 is 18.3. The van der Waals surface area contributed by atoms with Crippen molar-refractivity contribution in [1.82, 2.24) is 0 Å². The maximum atomic E-state index is 12.1. The number of halogens is 3. The maximum Gasteiger partial charge on any atom is 0.192 e. The van der Waals surface area contributed by atoms with E-state index >= 15 is 0 Å². The molecule has 0 spiro atoms. The van der Waals surface area contributed by atoms with Gasteiger partial charge in [0, 0.05) is 17.5 Å². The predicted molar refractivity (Wildman–Crippen MR) is 110 cm³/mol. The lowest BCUT2D eigenvalue weighted by Gasteiger charge is -2.07. The van der Waals surface area contributed by atoms with E-state index in [1.165, 1.54) is 0 Å². The molecule has 2 aromatic carbocycles. The van der Waals surface area contributed by atoms with Crippen molar-refractivity contribution >= 4 is 45.8 Å². The first kappa shape index (κ1) is 19.3. The summed E-state index contributed by atoms with van der Waals surface area (Å²) in [7, 11) is 0. The molecular formula is C21H19Cl3O2. The van der Waals surface area contributed by atoms with Gasteiger partial charge in [0.15, 0.2) is 5.43 Å². The molecule has 0 radical (unpaired) electrons. The molecule has 2 nitrogen and oxygen atoms in total. The summed E-state index contributed by atoms with van der Waals surface area (Å²) in [6.07, 6.45) is 5.73. The van der Waals surface area contributed by atoms with Crippen LogP contribution in [0.15, 0.2) is 51.7 Å². The highest BCUT2D eigenvalue weighted by atomic mass is 35.5.